The van der Waals surface area contributed by atoms with Gasteiger partial charge in [0.25, 0.3) is 0 Å². The van der Waals surface area contributed by atoms with Crippen LogP contribution in [0.25, 0.3) is 15.9 Å². The van der Waals surface area contributed by atoms with Crippen molar-refractivity contribution in [2.24, 2.45) is 0 Å². The minimum absolute atomic E-state index is 0.943. The van der Waals surface area contributed by atoms with Crippen LogP contribution in [0, 0.1) is 6.92 Å². The first-order valence-electron chi connectivity index (χ1n) is 8.00. The zero-order chi connectivity index (χ0) is 15.6. The van der Waals surface area contributed by atoms with Crippen molar-refractivity contribution >= 4 is 21.6 Å². The Bertz CT molecular complexity index is 802. The lowest BCUT2D eigenvalue weighted by atomic mass is 10.2. The number of piperazine rings is 1. The standard InChI is InChI=1S/C16H20N6S/c1-12-18-15-10-14(2-3-16(15)23-12)22-11-13(19-20-22)4-7-21-8-5-17-6-9-21/h2-3,10-11,17H,4-9H2,1H3. The first kappa shape index (κ1) is 14.7. The molecule has 1 aliphatic rings. The second kappa shape index (κ2) is 6.35. The molecule has 4 rings (SSSR count). The van der Waals surface area contributed by atoms with Gasteiger partial charge in [-0.15, -0.1) is 16.4 Å². The third-order valence-electron chi connectivity index (χ3n) is 4.18. The van der Waals surface area contributed by atoms with Gasteiger partial charge in [-0.3, -0.25) is 0 Å². The Morgan fingerprint density at radius 3 is 3.00 bits per heavy atom. The summed E-state index contributed by atoms with van der Waals surface area (Å²) in [5.41, 5.74) is 3.09. The summed E-state index contributed by atoms with van der Waals surface area (Å²) < 4.78 is 3.06. The van der Waals surface area contributed by atoms with E-state index in [-0.39, 0.29) is 0 Å². The van der Waals surface area contributed by atoms with Crippen molar-refractivity contribution in [2.75, 3.05) is 32.7 Å². The molecule has 23 heavy (non-hydrogen) atoms. The third kappa shape index (κ3) is 3.26. The fraction of sp³-hybridized carbons (Fsp3) is 0.438. The molecule has 1 N–H and O–H groups in total. The topological polar surface area (TPSA) is 58.9 Å². The molecule has 0 aliphatic carbocycles. The monoisotopic (exact) mass is 328 g/mol. The largest absolute Gasteiger partial charge is 0.314 e. The van der Waals surface area contributed by atoms with Gasteiger partial charge in [-0.2, -0.15) is 0 Å². The van der Waals surface area contributed by atoms with Gasteiger partial charge >= 0.3 is 0 Å². The van der Waals surface area contributed by atoms with Gasteiger partial charge in [-0.05, 0) is 25.1 Å². The second-order valence-corrected chi connectivity index (χ2v) is 7.12. The van der Waals surface area contributed by atoms with Crippen LogP contribution in [0.1, 0.15) is 10.7 Å². The molecule has 0 unspecified atom stereocenters. The Kier molecular flexibility index (Phi) is 4.07. The molecule has 0 atom stereocenters. The quantitative estimate of drug-likeness (QED) is 0.789. The SMILES string of the molecule is Cc1nc2cc(-n3cc(CCN4CCNCC4)nn3)ccc2s1. The molecule has 0 spiro atoms. The molecule has 3 heterocycles. The highest BCUT2D eigenvalue weighted by atomic mass is 32.1. The maximum atomic E-state index is 4.55. The maximum absolute atomic E-state index is 4.55. The van der Waals surface area contributed by atoms with Crippen molar-refractivity contribution < 1.29 is 0 Å². The van der Waals surface area contributed by atoms with Crippen LogP contribution in [-0.2, 0) is 6.42 Å². The van der Waals surface area contributed by atoms with Crippen molar-refractivity contribution in [3.63, 3.8) is 0 Å². The highest BCUT2D eigenvalue weighted by Gasteiger charge is 2.11. The fourth-order valence-corrected chi connectivity index (χ4v) is 3.73. The average molecular weight is 328 g/mol. The third-order valence-corrected chi connectivity index (χ3v) is 5.13. The summed E-state index contributed by atoms with van der Waals surface area (Å²) in [5.74, 6) is 0. The van der Waals surface area contributed by atoms with Crippen LogP contribution in [0.15, 0.2) is 24.4 Å². The van der Waals surface area contributed by atoms with Crippen LogP contribution in [0.5, 0.6) is 0 Å². The summed E-state index contributed by atoms with van der Waals surface area (Å²) in [6, 6.07) is 6.26. The van der Waals surface area contributed by atoms with Gasteiger partial charge in [0.05, 0.1) is 32.8 Å². The minimum atomic E-state index is 0.943. The predicted octanol–water partition coefficient (Wildman–Crippen LogP) is 1.63. The lowest BCUT2D eigenvalue weighted by Crippen LogP contribution is -2.44. The van der Waals surface area contributed by atoms with E-state index in [4.69, 9.17) is 0 Å². The van der Waals surface area contributed by atoms with Gasteiger partial charge in [-0.1, -0.05) is 5.21 Å². The number of aromatic nitrogens is 4. The van der Waals surface area contributed by atoms with Crippen LogP contribution < -0.4 is 5.32 Å². The smallest absolute Gasteiger partial charge is 0.0907 e. The van der Waals surface area contributed by atoms with Crippen LogP contribution >= 0.6 is 11.3 Å². The highest BCUT2D eigenvalue weighted by Crippen LogP contribution is 2.23. The molecular formula is C16H20N6S. The zero-order valence-corrected chi connectivity index (χ0v) is 14.0. The van der Waals surface area contributed by atoms with Gasteiger partial charge in [0, 0.05) is 39.1 Å². The van der Waals surface area contributed by atoms with Crippen LogP contribution in [0.2, 0.25) is 0 Å². The van der Waals surface area contributed by atoms with E-state index in [1.54, 1.807) is 11.3 Å². The van der Waals surface area contributed by atoms with E-state index < -0.39 is 0 Å². The van der Waals surface area contributed by atoms with Gasteiger partial charge in [0.1, 0.15) is 0 Å². The maximum Gasteiger partial charge on any atom is 0.0907 e. The van der Waals surface area contributed by atoms with E-state index in [1.165, 1.54) is 4.70 Å². The van der Waals surface area contributed by atoms with Crippen molar-refractivity contribution in [1.82, 2.24) is 30.2 Å². The number of thiazole rings is 1. The first-order valence-corrected chi connectivity index (χ1v) is 8.81. The Morgan fingerprint density at radius 1 is 1.26 bits per heavy atom. The van der Waals surface area contributed by atoms with E-state index in [0.717, 1.165) is 61.1 Å². The number of nitrogens with one attached hydrogen (secondary N) is 1. The number of nitrogens with zero attached hydrogens (tertiary/aromatic N) is 5. The molecular weight excluding hydrogens is 308 g/mol. The van der Waals surface area contributed by atoms with Gasteiger partial charge in [0.15, 0.2) is 0 Å². The van der Waals surface area contributed by atoms with Crippen LogP contribution in [-0.4, -0.2) is 57.6 Å². The van der Waals surface area contributed by atoms with E-state index >= 15 is 0 Å². The highest BCUT2D eigenvalue weighted by molar-refractivity contribution is 7.18. The number of hydrogen-bond donors (Lipinski definition) is 1. The molecule has 1 aromatic carbocycles. The molecule has 3 aromatic rings. The van der Waals surface area contributed by atoms with Gasteiger partial charge in [0.2, 0.25) is 0 Å². The Labute approximate surface area is 139 Å². The molecule has 7 heteroatoms. The first-order chi connectivity index (χ1) is 11.3. The Hall–Kier alpha value is -1.83. The predicted molar refractivity (Wildman–Crippen MR) is 92.3 cm³/mol. The van der Waals surface area contributed by atoms with Crippen LogP contribution in [0.3, 0.4) is 0 Å². The number of rotatable bonds is 4. The second-order valence-electron chi connectivity index (χ2n) is 5.88. The molecule has 1 fully saturated rings. The van der Waals surface area contributed by atoms with Crippen LogP contribution in [0.4, 0.5) is 0 Å². The number of aryl methyl sites for hydroxylation is 1. The normalized spacial score (nSPS) is 16.2. The van der Waals surface area contributed by atoms with Crippen molar-refractivity contribution in [2.45, 2.75) is 13.3 Å². The summed E-state index contributed by atoms with van der Waals surface area (Å²) in [5, 5.41) is 13.1. The molecule has 1 aliphatic heterocycles. The minimum Gasteiger partial charge on any atom is -0.314 e. The number of benzene rings is 1. The molecule has 0 bridgehead atoms. The fourth-order valence-electron chi connectivity index (χ4n) is 2.92. The number of hydrogen-bond acceptors (Lipinski definition) is 6. The molecule has 0 amide bonds. The summed E-state index contributed by atoms with van der Waals surface area (Å²) in [7, 11) is 0. The summed E-state index contributed by atoms with van der Waals surface area (Å²) in [4.78, 5) is 7.02. The Morgan fingerprint density at radius 2 is 2.13 bits per heavy atom. The van der Waals surface area contributed by atoms with Crippen molar-refractivity contribution in [3.8, 4) is 5.69 Å². The summed E-state index contributed by atoms with van der Waals surface area (Å²) >= 11 is 1.72. The molecule has 120 valence electrons. The van der Waals surface area contributed by atoms with E-state index in [2.05, 4.69) is 43.7 Å². The van der Waals surface area contributed by atoms with E-state index in [0.29, 0.717) is 0 Å². The molecule has 0 saturated carbocycles. The lowest BCUT2D eigenvalue weighted by Gasteiger charge is -2.26. The van der Waals surface area contributed by atoms with Crippen molar-refractivity contribution in [1.29, 1.82) is 0 Å². The molecule has 6 nitrogen and oxygen atoms in total. The Balaban J connectivity index is 1.47. The van der Waals surface area contributed by atoms with E-state index in [9.17, 15) is 0 Å². The zero-order valence-electron chi connectivity index (χ0n) is 13.2. The molecule has 0 radical (unpaired) electrons. The molecule has 1 saturated heterocycles. The van der Waals surface area contributed by atoms with E-state index in [1.807, 2.05) is 17.8 Å². The average Bonchev–Trinajstić information content (AvgIpc) is 3.18. The molecule has 2 aromatic heterocycles. The summed E-state index contributed by atoms with van der Waals surface area (Å²) in [6.07, 6.45) is 2.97. The van der Waals surface area contributed by atoms with Crippen molar-refractivity contribution in [3.05, 3.63) is 35.1 Å². The number of fused-ring (bicyclic) bond motifs is 1. The van der Waals surface area contributed by atoms with Gasteiger partial charge < -0.3 is 10.2 Å². The lowest BCUT2D eigenvalue weighted by molar-refractivity contribution is 0.243. The summed E-state index contributed by atoms with van der Waals surface area (Å²) in [6.45, 7) is 7.49. The van der Waals surface area contributed by atoms with Gasteiger partial charge in [-0.25, -0.2) is 9.67 Å².